The minimum absolute atomic E-state index is 0.170. The van der Waals surface area contributed by atoms with Crippen molar-refractivity contribution in [1.29, 1.82) is 0 Å². The molecule has 0 spiro atoms. The number of amides is 3. The van der Waals surface area contributed by atoms with E-state index < -0.39 is 6.03 Å². The number of carbonyl (C=O) groups excluding carboxylic acids is 2. The molecule has 1 aliphatic rings. The Hall–Kier alpha value is -1.55. The molecule has 1 aliphatic heterocycles. The minimum atomic E-state index is -0.412. The van der Waals surface area contributed by atoms with E-state index in [1.165, 1.54) is 0 Å². The predicted molar refractivity (Wildman–Crippen MR) is 70.7 cm³/mol. The third-order valence-electron chi connectivity index (χ3n) is 3.11. The molecule has 3 amide bonds. The lowest BCUT2D eigenvalue weighted by Crippen LogP contribution is -2.56. The van der Waals surface area contributed by atoms with Crippen LogP contribution in [0.3, 0.4) is 0 Å². The molecular weight excluding hydrogens is 252 g/mol. The van der Waals surface area contributed by atoms with E-state index in [1.54, 1.807) is 24.3 Å². The van der Waals surface area contributed by atoms with Gasteiger partial charge >= 0.3 is 6.03 Å². The van der Waals surface area contributed by atoms with Gasteiger partial charge < -0.3 is 5.32 Å². The Bertz CT molecular complexity index is 488. The number of imide groups is 1. The van der Waals surface area contributed by atoms with Crippen LogP contribution in [0.1, 0.15) is 13.8 Å². The van der Waals surface area contributed by atoms with Gasteiger partial charge in [-0.25, -0.2) is 9.69 Å². The maximum absolute atomic E-state index is 12.3. The number of para-hydroxylation sites is 1. The molecule has 0 aliphatic carbocycles. The summed E-state index contributed by atoms with van der Waals surface area (Å²) in [6.07, 6.45) is 0. The van der Waals surface area contributed by atoms with Crippen molar-refractivity contribution < 1.29 is 9.59 Å². The van der Waals surface area contributed by atoms with Crippen LogP contribution in [0.2, 0.25) is 5.02 Å². The van der Waals surface area contributed by atoms with Gasteiger partial charge in [0.15, 0.2) is 0 Å². The number of nitrogens with zero attached hydrogens (tertiary/aromatic N) is 1. The second kappa shape index (κ2) is 4.98. The van der Waals surface area contributed by atoms with Crippen LogP contribution in [0, 0.1) is 11.8 Å². The molecule has 1 N–H and O–H groups in total. The van der Waals surface area contributed by atoms with Crippen LogP contribution >= 0.6 is 11.6 Å². The summed E-state index contributed by atoms with van der Waals surface area (Å²) in [5.74, 6) is -0.232. The fraction of sp³-hybridized carbons (Fsp3) is 0.385. The SMILES string of the molecule is CC(C)C1CNC(=O)N(c2ccccc2Cl)C1=O. The Labute approximate surface area is 111 Å². The molecule has 0 aromatic heterocycles. The lowest BCUT2D eigenvalue weighted by molar-refractivity contribution is -0.123. The van der Waals surface area contributed by atoms with Gasteiger partial charge in [-0.05, 0) is 18.1 Å². The van der Waals surface area contributed by atoms with Gasteiger partial charge in [0.2, 0.25) is 5.91 Å². The first-order chi connectivity index (χ1) is 8.52. The largest absolute Gasteiger partial charge is 0.336 e. The molecule has 1 atom stereocenters. The molecule has 4 nitrogen and oxygen atoms in total. The second-order valence-corrected chi connectivity index (χ2v) is 5.07. The van der Waals surface area contributed by atoms with E-state index in [4.69, 9.17) is 11.6 Å². The third-order valence-corrected chi connectivity index (χ3v) is 3.43. The van der Waals surface area contributed by atoms with E-state index in [9.17, 15) is 9.59 Å². The molecule has 1 aromatic rings. The van der Waals surface area contributed by atoms with E-state index in [0.29, 0.717) is 17.3 Å². The average Bonchev–Trinajstić information content (AvgIpc) is 2.31. The smallest absolute Gasteiger partial charge is 0.328 e. The number of anilines is 1. The van der Waals surface area contributed by atoms with Crippen molar-refractivity contribution >= 4 is 29.2 Å². The van der Waals surface area contributed by atoms with Gasteiger partial charge in [0.25, 0.3) is 0 Å². The van der Waals surface area contributed by atoms with Crippen molar-refractivity contribution in [3.63, 3.8) is 0 Å². The Morgan fingerprint density at radius 3 is 2.61 bits per heavy atom. The molecule has 1 fully saturated rings. The van der Waals surface area contributed by atoms with Crippen LogP contribution in [0.5, 0.6) is 0 Å². The monoisotopic (exact) mass is 266 g/mol. The zero-order chi connectivity index (χ0) is 13.3. The summed E-state index contributed by atoms with van der Waals surface area (Å²) in [6.45, 7) is 4.31. The molecule has 1 aromatic carbocycles. The van der Waals surface area contributed by atoms with Crippen LogP contribution in [-0.4, -0.2) is 18.5 Å². The molecule has 0 radical (unpaired) electrons. The number of halogens is 1. The lowest BCUT2D eigenvalue weighted by Gasteiger charge is -2.33. The molecule has 96 valence electrons. The topological polar surface area (TPSA) is 49.4 Å². The number of hydrogen-bond acceptors (Lipinski definition) is 2. The summed E-state index contributed by atoms with van der Waals surface area (Å²) in [5.41, 5.74) is 0.437. The predicted octanol–water partition coefficient (Wildman–Crippen LogP) is 2.67. The Kier molecular flexibility index (Phi) is 3.57. The Balaban J connectivity index is 2.38. The first-order valence-electron chi connectivity index (χ1n) is 5.88. The van der Waals surface area contributed by atoms with Gasteiger partial charge in [0.05, 0.1) is 16.6 Å². The van der Waals surface area contributed by atoms with Crippen molar-refractivity contribution in [2.24, 2.45) is 11.8 Å². The van der Waals surface area contributed by atoms with Crippen molar-refractivity contribution in [3.05, 3.63) is 29.3 Å². The highest BCUT2D eigenvalue weighted by atomic mass is 35.5. The molecular formula is C13H15ClN2O2. The molecule has 18 heavy (non-hydrogen) atoms. The average molecular weight is 267 g/mol. The Morgan fingerprint density at radius 1 is 1.33 bits per heavy atom. The molecule has 5 heteroatoms. The highest BCUT2D eigenvalue weighted by Crippen LogP contribution is 2.29. The summed E-state index contributed by atoms with van der Waals surface area (Å²) < 4.78 is 0. The molecule has 1 unspecified atom stereocenters. The summed E-state index contributed by atoms with van der Waals surface area (Å²) in [4.78, 5) is 25.3. The van der Waals surface area contributed by atoms with E-state index in [-0.39, 0.29) is 17.7 Å². The molecule has 1 heterocycles. The highest BCUT2D eigenvalue weighted by molar-refractivity contribution is 6.35. The first kappa shape index (κ1) is 12.9. The van der Waals surface area contributed by atoms with Crippen LogP contribution in [0.4, 0.5) is 10.5 Å². The molecule has 0 saturated carbocycles. The summed E-state index contributed by atoms with van der Waals surface area (Å²) in [6, 6.07) is 6.43. The van der Waals surface area contributed by atoms with E-state index in [2.05, 4.69) is 5.32 Å². The van der Waals surface area contributed by atoms with Gasteiger partial charge in [0, 0.05) is 6.54 Å². The maximum Gasteiger partial charge on any atom is 0.328 e. The number of hydrogen-bond donors (Lipinski definition) is 1. The third kappa shape index (κ3) is 2.20. The second-order valence-electron chi connectivity index (χ2n) is 4.66. The van der Waals surface area contributed by atoms with Gasteiger partial charge in [0.1, 0.15) is 0 Å². The summed E-state index contributed by atoms with van der Waals surface area (Å²) in [7, 11) is 0. The van der Waals surface area contributed by atoms with Crippen LogP contribution in [-0.2, 0) is 4.79 Å². The van der Waals surface area contributed by atoms with Crippen molar-refractivity contribution in [2.75, 3.05) is 11.4 Å². The van der Waals surface area contributed by atoms with Gasteiger partial charge in [-0.3, -0.25) is 4.79 Å². The number of benzene rings is 1. The van der Waals surface area contributed by atoms with E-state index >= 15 is 0 Å². The lowest BCUT2D eigenvalue weighted by atomic mass is 9.92. The fourth-order valence-corrected chi connectivity index (χ4v) is 2.23. The molecule has 0 bridgehead atoms. The normalized spacial score (nSPS) is 20.2. The highest BCUT2D eigenvalue weighted by Gasteiger charge is 2.37. The van der Waals surface area contributed by atoms with Crippen molar-refractivity contribution in [3.8, 4) is 0 Å². The van der Waals surface area contributed by atoms with E-state index in [1.807, 2.05) is 13.8 Å². The zero-order valence-electron chi connectivity index (χ0n) is 10.3. The number of nitrogens with one attached hydrogen (secondary N) is 1. The van der Waals surface area contributed by atoms with Gasteiger partial charge in [-0.2, -0.15) is 0 Å². The van der Waals surface area contributed by atoms with Crippen LogP contribution in [0.25, 0.3) is 0 Å². The maximum atomic E-state index is 12.3. The summed E-state index contributed by atoms with van der Waals surface area (Å²) >= 11 is 6.04. The standard InChI is InChI=1S/C13H15ClN2O2/c1-8(2)9-7-15-13(18)16(12(9)17)11-6-4-3-5-10(11)14/h3-6,8-9H,7H2,1-2H3,(H,15,18). The fourth-order valence-electron chi connectivity index (χ4n) is 2.01. The van der Waals surface area contributed by atoms with Gasteiger partial charge in [-0.1, -0.05) is 37.6 Å². The van der Waals surface area contributed by atoms with Crippen LogP contribution < -0.4 is 10.2 Å². The minimum Gasteiger partial charge on any atom is -0.336 e. The Morgan fingerprint density at radius 2 is 2.00 bits per heavy atom. The van der Waals surface area contributed by atoms with Crippen molar-refractivity contribution in [2.45, 2.75) is 13.8 Å². The summed E-state index contributed by atoms with van der Waals surface area (Å²) in [5, 5.41) is 3.12. The molecule has 2 rings (SSSR count). The number of carbonyl (C=O) groups is 2. The number of urea groups is 1. The van der Waals surface area contributed by atoms with Crippen molar-refractivity contribution in [1.82, 2.24) is 5.32 Å². The van der Waals surface area contributed by atoms with Crippen LogP contribution in [0.15, 0.2) is 24.3 Å². The first-order valence-corrected chi connectivity index (χ1v) is 6.26. The quantitative estimate of drug-likeness (QED) is 0.895. The number of rotatable bonds is 2. The molecule has 1 saturated heterocycles. The van der Waals surface area contributed by atoms with E-state index in [0.717, 1.165) is 4.90 Å². The van der Waals surface area contributed by atoms with Gasteiger partial charge in [-0.15, -0.1) is 0 Å². The zero-order valence-corrected chi connectivity index (χ0v) is 11.1.